The van der Waals surface area contributed by atoms with Gasteiger partial charge in [-0.25, -0.2) is 0 Å². The molecule has 3 rings (SSSR count). The predicted molar refractivity (Wildman–Crippen MR) is 87.1 cm³/mol. The molecule has 2 aromatic carbocycles. The molecule has 110 valence electrons. The highest BCUT2D eigenvalue weighted by Crippen LogP contribution is 2.28. The van der Waals surface area contributed by atoms with E-state index in [1.807, 2.05) is 38.4 Å². The SMILES string of the molecule is CN(C)c1cccc(Oc2ccccc2CNC2CC2)c1. The second-order valence-corrected chi connectivity index (χ2v) is 5.76. The van der Waals surface area contributed by atoms with Gasteiger partial charge in [-0.1, -0.05) is 24.3 Å². The van der Waals surface area contributed by atoms with E-state index in [0.717, 1.165) is 23.7 Å². The third-order valence-electron chi connectivity index (χ3n) is 3.69. The molecule has 3 heteroatoms. The largest absolute Gasteiger partial charge is 0.457 e. The number of nitrogens with one attached hydrogen (secondary N) is 1. The topological polar surface area (TPSA) is 24.5 Å². The van der Waals surface area contributed by atoms with Gasteiger partial charge in [-0.05, 0) is 31.0 Å². The summed E-state index contributed by atoms with van der Waals surface area (Å²) in [4.78, 5) is 2.08. The summed E-state index contributed by atoms with van der Waals surface area (Å²) in [7, 11) is 4.07. The van der Waals surface area contributed by atoms with Gasteiger partial charge in [0, 0.05) is 44.0 Å². The highest BCUT2D eigenvalue weighted by Gasteiger charge is 2.20. The van der Waals surface area contributed by atoms with Gasteiger partial charge >= 0.3 is 0 Å². The number of hydrogen-bond acceptors (Lipinski definition) is 3. The molecule has 0 radical (unpaired) electrons. The first-order chi connectivity index (χ1) is 10.2. The maximum Gasteiger partial charge on any atom is 0.131 e. The van der Waals surface area contributed by atoms with Crippen LogP contribution in [0.3, 0.4) is 0 Å². The van der Waals surface area contributed by atoms with Gasteiger partial charge in [0.05, 0.1) is 0 Å². The fourth-order valence-electron chi connectivity index (χ4n) is 2.24. The first-order valence-electron chi connectivity index (χ1n) is 7.49. The van der Waals surface area contributed by atoms with Crippen molar-refractivity contribution < 1.29 is 4.74 Å². The van der Waals surface area contributed by atoms with Crippen molar-refractivity contribution in [2.24, 2.45) is 0 Å². The molecule has 0 amide bonds. The van der Waals surface area contributed by atoms with Gasteiger partial charge in [-0.15, -0.1) is 0 Å². The van der Waals surface area contributed by atoms with Crippen LogP contribution < -0.4 is 15.0 Å². The average molecular weight is 282 g/mol. The quantitative estimate of drug-likeness (QED) is 0.872. The third-order valence-corrected chi connectivity index (χ3v) is 3.69. The van der Waals surface area contributed by atoms with Gasteiger partial charge in [0.2, 0.25) is 0 Å². The van der Waals surface area contributed by atoms with Gasteiger partial charge in [0.1, 0.15) is 11.5 Å². The Labute approximate surface area is 126 Å². The first-order valence-corrected chi connectivity index (χ1v) is 7.49. The van der Waals surface area contributed by atoms with Crippen LogP contribution in [0.2, 0.25) is 0 Å². The Hall–Kier alpha value is -2.00. The van der Waals surface area contributed by atoms with Gasteiger partial charge < -0.3 is 15.0 Å². The lowest BCUT2D eigenvalue weighted by Crippen LogP contribution is -2.15. The van der Waals surface area contributed by atoms with E-state index >= 15 is 0 Å². The van der Waals surface area contributed by atoms with Gasteiger partial charge in [-0.2, -0.15) is 0 Å². The van der Waals surface area contributed by atoms with Crippen molar-refractivity contribution in [1.82, 2.24) is 5.32 Å². The Morgan fingerprint density at radius 2 is 1.90 bits per heavy atom. The standard InChI is InChI=1S/C18H22N2O/c1-20(2)16-7-5-8-17(12-16)21-18-9-4-3-6-14(18)13-19-15-10-11-15/h3-9,12,15,19H,10-11,13H2,1-2H3. The van der Waals surface area contributed by atoms with E-state index in [1.54, 1.807) is 0 Å². The maximum absolute atomic E-state index is 6.09. The van der Waals surface area contributed by atoms with E-state index in [-0.39, 0.29) is 0 Å². The molecule has 1 saturated carbocycles. The van der Waals surface area contributed by atoms with Crippen molar-refractivity contribution in [3.63, 3.8) is 0 Å². The van der Waals surface area contributed by atoms with Crippen LogP contribution in [-0.4, -0.2) is 20.1 Å². The molecular formula is C18H22N2O. The van der Waals surface area contributed by atoms with E-state index in [4.69, 9.17) is 4.74 Å². The van der Waals surface area contributed by atoms with E-state index in [9.17, 15) is 0 Å². The number of hydrogen-bond donors (Lipinski definition) is 1. The molecule has 1 N–H and O–H groups in total. The van der Waals surface area contributed by atoms with E-state index < -0.39 is 0 Å². The Kier molecular flexibility index (Phi) is 4.11. The normalized spacial score (nSPS) is 14.0. The number of anilines is 1. The first kappa shape index (κ1) is 14.0. The number of ether oxygens (including phenoxy) is 1. The smallest absolute Gasteiger partial charge is 0.131 e. The minimum Gasteiger partial charge on any atom is -0.457 e. The molecule has 0 spiro atoms. The Bertz CT molecular complexity index is 606. The molecule has 0 aliphatic heterocycles. The molecule has 0 aromatic heterocycles. The Morgan fingerprint density at radius 1 is 1.10 bits per heavy atom. The summed E-state index contributed by atoms with van der Waals surface area (Å²) in [6.45, 7) is 0.869. The number of rotatable bonds is 6. The molecule has 3 nitrogen and oxygen atoms in total. The molecule has 2 aromatic rings. The highest BCUT2D eigenvalue weighted by atomic mass is 16.5. The summed E-state index contributed by atoms with van der Waals surface area (Å²) in [6, 6.07) is 17.1. The minimum absolute atomic E-state index is 0.704. The van der Waals surface area contributed by atoms with Gasteiger partial charge in [0.15, 0.2) is 0 Å². The van der Waals surface area contributed by atoms with Crippen LogP contribution in [0.4, 0.5) is 5.69 Å². The second kappa shape index (κ2) is 6.19. The molecule has 1 fully saturated rings. The summed E-state index contributed by atoms with van der Waals surface area (Å²) in [5, 5.41) is 3.54. The van der Waals surface area contributed by atoms with Crippen LogP contribution in [-0.2, 0) is 6.54 Å². The summed E-state index contributed by atoms with van der Waals surface area (Å²) in [5.41, 5.74) is 2.35. The summed E-state index contributed by atoms with van der Waals surface area (Å²) >= 11 is 0. The highest BCUT2D eigenvalue weighted by molar-refractivity contribution is 5.50. The lowest BCUT2D eigenvalue weighted by atomic mass is 10.2. The fourth-order valence-corrected chi connectivity index (χ4v) is 2.24. The van der Waals surface area contributed by atoms with Crippen LogP contribution in [0.25, 0.3) is 0 Å². The number of nitrogens with zero attached hydrogens (tertiary/aromatic N) is 1. The second-order valence-electron chi connectivity index (χ2n) is 5.76. The monoisotopic (exact) mass is 282 g/mol. The van der Waals surface area contributed by atoms with Crippen molar-refractivity contribution >= 4 is 5.69 Å². The van der Waals surface area contributed by atoms with Crippen molar-refractivity contribution in [3.05, 3.63) is 54.1 Å². The third kappa shape index (κ3) is 3.76. The van der Waals surface area contributed by atoms with Crippen molar-refractivity contribution in [2.45, 2.75) is 25.4 Å². The van der Waals surface area contributed by atoms with Crippen LogP contribution in [0.5, 0.6) is 11.5 Å². The van der Waals surface area contributed by atoms with Crippen LogP contribution >= 0.6 is 0 Å². The van der Waals surface area contributed by atoms with Crippen molar-refractivity contribution in [1.29, 1.82) is 0 Å². The molecule has 0 atom stereocenters. The molecule has 1 aliphatic rings. The fraction of sp³-hybridized carbons (Fsp3) is 0.333. The maximum atomic E-state index is 6.09. The molecule has 1 aliphatic carbocycles. The molecule has 0 heterocycles. The number of para-hydroxylation sites is 1. The summed E-state index contributed by atoms with van der Waals surface area (Å²) in [5.74, 6) is 1.81. The van der Waals surface area contributed by atoms with Crippen LogP contribution in [0, 0.1) is 0 Å². The van der Waals surface area contributed by atoms with Crippen LogP contribution in [0.15, 0.2) is 48.5 Å². The van der Waals surface area contributed by atoms with E-state index in [2.05, 4.69) is 34.5 Å². The predicted octanol–water partition coefficient (Wildman–Crippen LogP) is 3.80. The zero-order valence-corrected chi connectivity index (χ0v) is 12.7. The lowest BCUT2D eigenvalue weighted by Gasteiger charge is -2.15. The van der Waals surface area contributed by atoms with E-state index in [0.29, 0.717) is 6.04 Å². The lowest BCUT2D eigenvalue weighted by molar-refractivity contribution is 0.472. The molecule has 0 bridgehead atoms. The molecule has 0 unspecified atom stereocenters. The zero-order chi connectivity index (χ0) is 14.7. The average Bonchev–Trinajstić information content (AvgIpc) is 3.31. The summed E-state index contributed by atoms with van der Waals surface area (Å²) < 4.78 is 6.09. The molecule has 0 saturated heterocycles. The van der Waals surface area contributed by atoms with Crippen molar-refractivity contribution in [3.8, 4) is 11.5 Å². The Morgan fingerprint density at radius 3 is 2.67 bits per heavy atom. The molecule has 21 heavy (non-hydrogen) atoms. The zero-order valence-electron chi connectivity index (χ0n) is 12.7. The van der Waals surface area contributed by atoms with Gasteiger partial charge in [-0.3, -0.25) is 0 Å². The van der Waals surface area contributed by atoms with Crippen molar-refractivity contribution in [2.75, 3.05) is 19.0 Å². The molecular weight excluding hydrogens is 260 g/mol. The van der Waals surface area contributed by atoms with Gasteiger partial charge in [0.25, 0.3) is 0 Å². The number of benzene rings is 2. The summed E-state index contributed by atoms with van der Waals surface area (Å²) in [6.07, 6.45) is 2.60. The van der Waals surface area contributed by atoms with Crippen LogP contribution in [0.1, 0.15) is 18.4 Å². The Balaban J connectivity index is 1.75. The minimum atomic E-state index is 0.704. The van der Waals surface area contributed by atoms with E-state index in [1.165, 1.54) is 18.4 Å².